The Bertz CT molecular complexity index is 662. The van der Waals surface area contributed by atoms with E-state index < -0.39 is 9.84 Å². The van der Waals surface area contributed by atoms with Crippen LogP contribution in [0.2, 0.25) is 5.02 Å². The zero-order chi connectivity index (χ0) is 14.5. The van der Waals surface area contributed by atoms with Gasteiger partial charge in [-0.1, -0.05) is 17.7 Å². The van der Waals surface area contributed by atoms with Crippen molar-refractivity contribution in [2.24, 2.45) is 0 Å². The molecule has 2 atom stereocenters. The SMILES string of the molecule is CCN1C(=S)N(c2cccc(Cl)c2)[C@@H]2CS(=O)(=O)C[C@@H]21. The topological polar surface area (TPSA) is 40.6 Å². The van der Waals surface area contributed by atoms with Crippen LogP contribution in [0.4, 0.5) is 5.69 Å². The Hall–Kier alpha value is -0.850. The van der Waals surface area contributed by atoms with Crippen molar-refractivity contribution >= 4 is 44.5 Å². The van der Waals surface area contributed by atoms with Gasteiger partial charge in [-0.15, -0.1) is 0 Å². The van der Waals surface area contributed by atoms with Gasteiger partial charge in [-0.25, -0.2) is 8.42 Å². The van der Waals surface area contributed by atoms with E-state index >= 15 is 0 Å². The van der Waals surface area contributed by atoms with Gasteiger partial charge in [0.2, 0.25) is 0 Å². The second-order valence-corrected chi connectivity index (χ2v) is 8.09. The normalized spacial score (nSPS) is 28.0. The summed E-state index contributed by atoms with van der Waals surface area (Å²) in [5.41, 5.74) is 0.866. The van der Waals surface area contributed by atoms with Crippen LogP contribution in [-0.2, 0) is 9.84 Å². The summed E-state index contributed by atoms with van der Waals surface area (Å²) in [6.07, 6.45) is 0. The van der Waals surface area contributed by atoms with E-state index in [0.29, 0.717) is 16.7 Å². The molecule has 0 bridgehead atoms. The number of rotatable bonds is 2. The van der Waals surface area contributed by atoms with E-state index in [9.17, 15) is 8.42 Å². The second-order valence-electron chi connectivity index (χ2n) is 5.13. The first kappa shape index (κ1) is 14.1. The molecule has 0 spiro atoms. The van der Waals surface area contributed by atoms with Crippen molar-refractivity contribution in [1.82, 2.24) is 4.90 Å². The van der Waals surface area contributed by atoms with Gasteiger partial charge in [0.05, 0.1) is 23.6 Å². The number of hydrogen-bond donors (Lipinski definition) is 0. The first-order chi connectivity index (χ1) is 9.43. The van der Waals surface area contributed by atoms with E-state index in [1.54, 1.807) is 6.07 Å². The Balaban J connectivity index is 2.04. The molecule has 0 radical (unpaired) electrons. The predicted molar refractivity (Wildman–Crippen MR) is 85.1 cm³/mol. The summed E-state index contributed by atoms with van der Waals surface area (Å²) in [7, 11) is -3.00. The fraction of sp³-hybridized carbons (Fsp3) is 0.462. The molecule has 2 heterocycles. The molecule has 20 heavy (non-hydrogen) atoms. The molecule has 0 N–H and O–H groups in total. The summed E-state index contributed by atoms with van der Waals surface area (Å²) >= 11 is 11.6. The van der Waals surface area contributed by atoms with Crippen molar-refractivity contribution in [2.75, 3.05) is 23.0 Å². The maximum atomic E-state index is 11.9. The van der Waals surface area contributed by atoms with Gasteiger partial charge in [0.1, 0.15) is 0 Å². The number of hydrogen-bond acceptors (Lipinski definition) is 3. The van der Waals surface area contributed by atoms with Crippen molar-refractivity contribution in [3.8, 4) is 0 Å². The molecule has 2 aliphatic heterocycles. The van der Waals surface area contributed by atoms with Crippen LogP contribution in [0.1, 0.15) is 6.92 Å². The molecular formula is C13H15ClN2O2S2. The smallest absolute Gasteiger partial charge is 0.176 e. The third-order valence-corrected chi connectivity index (χ3v) is 6.27. The lowest BCUT2D eigenvalue weighted by Gasteiger charge is -2.24. The van der Waals surface area contributed by atoms with Crippen LogP contribution in [0.3, 0.4) is 0 Å². The summed E-state index contributed by atoms with van der Waals surface area (Å²) < 4.78 is 23.9. The zero-order valence-electron chi connectivity index (χ0n) is 11.0. The molecular weight excluding hydrogens is 316 g/mol. The maximum absolute atomic E-state index is 11.9. The predicted octanol–water partition coefficient (Wildman–Crippen LogP) is 1.93. The monoisotopic (exact) mass is 330 g/mol. The quantitative estimate of drug-likeness (QED) is 0.775. The van der Waals surface area contributed by atoms with Gasteiger partial charge in [-0.05, 0) is 37.3 Å². The number of benzene rings is 1. The van der Waals surface area contributed by atoms with Crippen molar-refractivity contribution in [3.63, 3.8) is 0 Å². The van der Waals surface area contributed by atoms with Gasteiger partial charge in [-0.2, -0.15) is 0 Å². The highest BCUT2D eigenvalue weighted by atomic mass is 35.5. The minimum atomic E-state index is -3.00. The average Bonchev–Trinajstić information content (AvgIpc) is 2.78. The van der Waals surface area contributed by atoms with Crippen LogP contribution in [0.5, 0.6) is 0 Å². The molecule has 0 saturated carbocycles. The summed E-state index contributed by atoms with van der Waals surface area (Å²) in [5.74, 6) is 0.337. The molecule has 0 aromatic heterocycles. The lowest BCUT2D eigenvalue weighted by molar-refractivity contribution is 0.373. The first-order valence-electron chi connectivity index (χ1n) is 6.49. The van der Waals surface area contributed by atoms with E-state index in [4.69, 9.17) is 23.8 Å². The van der Waals surface area contributed by atoms with Crippen LogP contribution in [0.25, 0.3) is 0 Å². The Morgan fingerprint density at radius 2 is 2.05 bits per heavy atom. The molecule has 3 rings (SSSR count). The maximum Gasteiger partial charge on any atom is 0.176 e. The summed E-state index contributed by atoms with van der Waals surface area (Å²) in [6.45, 7) is 2.71. The third kappa shape index (κ3) is 2.19. The van der Waals surface area contributed by atoms with Gasteiger partial charge in [0.25, 0.3) is 0 Å². The first-order valence-corrected chi connectivity index (χ1v) is 9.09. The second kappa shape index (κ2) is 4.86. The Morgan fingerprint density at radius 3 is 2.70 bits per heavy atom. The van der Waals surface area contributed by atoms with Gasteiger partial charge in [-0.3, -0.25) is 0 Å². The number of sulfone groups is 1. The number of fused-ring (bicyclic) bond motifs is 1. The minimum absolute atomic E-state index is 0.0449. The average molecular weight is 331 g/mol. The number of likely N-dealkylation sites (N-methyl/N-ethyl adjacent to an activating group) is 1. The molecule has 1 aromatic carbocycles. The molecule has 2 saturated heterocycles. The third-order valence-electron chi connectivity index (χ3n) is 3.90. The highest BCUT2D eigenvalue weighted by Crippen LogP contribution is 2.35. The zero-order valence-corrected chi connectivity index (χ0v) is 13.4. The van der Waals surface area contributed by atoms with E-state index in [1.807, 2.05) is 34.9 Å². The molecule has 2 aliphatic rings. The fourth-order valence-electron chi connectivity index (χ4n) is 3.07. The van der Waals surface area contributed by atoms with Crippen LogP contribution < -0.4 is 4.90 Å². The summed E-state index contributed by atoms with van der Waals surface area (Å²) in [4.78, 5) is 3.95. The minimum Gasteiger partial charge on any atom is -0.343 e. The number of thiocarbonyl (C=S) groups is 1. The lowest BCUT2D eigenvalue weighted by atomic mass is 10.1. The van der Waals surface area contributed by atoms with Crippen molar-refractivity contribution in [3.05, 3.63) is 29.3 Å². The summed E-state index contributed by atoms with van der Waals surface area (Å²) in [5, 5.41) is 1.32. The Labute approximate surface area is 129 Å². The van der Waals surface area contributed by atoms with Gasteiger partial charge < -0.3 is 9.80 Å². The van der Waals surface area contributed by atoms with E-state index in [1.165, 1.54) is 0 Å². The van der Waals surface area contributed by atoms with Crippen LogP contribution in [0, 0.1) is 0 Å². The molecule has 4 nitrogen and oxygen atoms in total. The van der Waals surface area contributed by atoms with E-state index in [-0.39, 0.29) is 23.6 Å². The van der Waals surface area contributed by atoms with Crippen molar-refractivity contribution < 1.29 is 8.42 Å². The highest BCUT2D eigenvalue weighted by molar-refractivity contribution is 7.91. The molecule has 7 heteroatoms. The standard InChI is InChI=1S/C13H15ClN2O2S2/c1-2-15-11-7-20(17,18)8-12(11)16(13(15)19)10-5-3-4-9(14)6-10/h3-6,11-12H,2,7-8H2,1H3/t11-,12+/m0/s1. The van der Waals surface area contributed by atoms with Crippen LogP contribution in [0.15, 0.2) is 24.3 Å². The van der Waals surface area contributed by atoms with Crippen LogP contribution >= 0.6 is 23.8 Å². The molecule has 2 fully saturated rings. The Kier molecular flexibility index (Phi) is 3.43. The summed E-state index contributed by atoms with van der Waals surface area (Å²) in [6, 6.07) is 7.24. The van der Waals surface area contributed by atoms with E-state index in [0.717, 1.165) is 5.69 Å². The van der Waals surface area contributed by atoms with Crippen LogP contribution in [-0.4, -0.2) is 48.6 Å². The number of halogens is 1. The number of nitrogens with zero attached hydrogens (tertiary/aromatic N) is 2. The molecule has 108 valence electrons. The van der Waals surface area contributed by atoms with Crippen molar-refractivity contribution in [2.45, 2.75) is 19.0 Å². The fourth-order valence-corrected chi connectivity index (χ4v) is 5.71. The van der Waals surface area contributed by atoms with Gasteiger partial charge in [0.15, 0.2) is 14.9 Å². The number of anilines is 1. The largest absolute Gasteiger partial charge is 0.343 e. The van der Waals surface area contributed by atoms with E-state index in [2.05, 4.69) is 0 Å². The van der Waals surface area contributed by atoms with Gasteiger partial charge in [0, 0.05) is 17.3 Å². The Morgan fingerprint density at radius 1 is 1.35 bits per heavy atom. The van der Waals surface area contributed by atoms with Gasteiger partial charge >= 0.3 is 0 Å². The molecule has 0 aliphatic carbocycles. The lowest BCUT2D eigenvalue weighted by Crippen LogP contribution is -2.37. The van der Waals surface area contributed by atoms with Crippen molar-refractivity contribution in [1.29, 1.82) is 0 Å². The molecule has 0 unspecified atom stereocenters. The molecule has 1 aromatic rings. The highest BCUT2D eigenvalue weighted by Gasteiger charge is 2.51. The molecule has 0 amide bonds.